The van der Waals surface area contributed by atoms with Crippen molar-refractivity contribution in [3.8, 4) is 0 Å². The summed E-state index contributed by atoms with van der Waals surface area (Å²) < 4.78 is 6.36. The number of aryl methyl sites for hydroxylation is 1. The van der Waals surface area contributed by atoms with Crippen LogP contribution in [0.25, 0.3) is 10.2 Å². The minimum atomic E-state index is 0.0414. The van der Waals surface area contributed by atoms with Crippen LogP contribution in [-0.4, -0.2) is 60.9 Å². The lowest BCUT2D eigenvalue weighted by atomic mass is 10.2. The second kappa shape index (κ2) is 11.2. The molecule has 1 saturated heterocycles. The van der Waals surface area contributed by atoms with Crippen LogP contribution in [0.1, 0.15) is 12.0 Å². The number of hydrogen-bond donors (Lipinski definition) is 0. The molecule has 1 fully saturated rings. The number of halogens is 2. The molecule has 1 aromatic heterocycles. The number of nitrogens with zero attached hydrogens (tertiary/aromatic N) is 3. The highest BCUT2D eigenvalue weighted by atomic mass is 35.5. The lowest BCUT2D eigenvalue weighted by Gasteiger charge is -2.27. The number of ether oxygens (including phenoxy) is 1. The molecule has 0 N–H and O–H groups in total. The molecule has 9 heteroatoms. The summed E-state index contributed by atoms with van der Waals surface area (Å²) in [6, 6.07) is 11.4. The van der Waals surface area contributed by atoms with E-state index >= 15 is 0 Å². The maximum atomic E-state index is 13.3. The number of thioether (sulfide) groups is 1. The highest BCUT2D eigenvalue weighted by molar-refractivity contribution is 8.00. The zero-order valence-electron chi connectivity index (χ0n) is 17.9. The van der Waals surface area contributed by atoms with Crippen molar-refractivity contribution in [1.82, 2.24) is 9.88 Å². The first-order valence-electron chi connectivity index (χ1n) is 10.6. The first-order valence-corrected chi connectivity index (χ1v) is 13.1. The average Bonchev–Trinajstić information content (AvgIpc) is 3.26. The first kappa shape index (κ1) is 23.8. The van der Waals surface area contributed by atoms with Gasteiger partial charge in [0.1, 0.15) is 0 Å². The lowest BCUT2D eigenvalue weighted by molar-refractivity contribution is -0.116. The highest BCUT2D eigenvalue weighted by Gasteiger charge is 2.22. The molecule has 4 rings (SSSR count). The van der Waals surface area contributed by atoms with Crippen molar-refractivity contribution in [3.05, 3.63) is 52.0 Å². The van der Waals surface area contributed by atoms with Crippen molar-refractivity contribution in [1.29, 1.82) is 0 Å². The van der Waals surface area contributed by atoms with Gasteiger partial charge < -0.3 is 4.74 Å². The SMILES string of the molecule is Cc1ccc(Cl)c2sc(N(CCCN3CCOCC3)C(=O)CSc3ccc(Cl)cc3)nc12. The van der Waals surface area contributed by atoms with Crippen molar-refractivity contribution in [2.75, 3.05) is 50.0 Å². The summed E-state index contributed by atoms with van der Waals surface area (Å²) >= 11 is 15.4. The van der Waals surface area contributed by atoms with E-state index in [1.165, 1.54) is 23.1 Å². The van der Waals surface area contributed by atoms with Gasteiger partial charge in [0, 0.05) is 36.1 Å². The molecular weight excluding hydrogens is 485 g/mol. The molecule has 170 valence electrons. The molecule has 2 heterocycles. The molecule has 0 spiro atoms. The van der Waals surface area contributed by atoms with E-state index in [1.807, 2.05) is 48.2 Å². The zero-order valence-corrected chi connectivity index (χ0v) is 21.0. The largest absolute Gasteiger partial charge is 0.379 e. The van der Waals surface area contributed by atoms with Gasteiger partial charge in [-0.1, -0.05) is 40.6 Å². The molecule has 1 aliphatic heterocycles. The fourth-order valence-electron chi connectivity index (χ4n) is 3.56. The third-order valence-electron chi connectivity index (χ3n) is 5.35. The molecule has 0 unspecified atom stereocenters. The fraction of sp³-hybridized carbons (Fsp3) is 0.391. The van der Waals surface area contributed by atoms with Crippen LogP contribution in [0.3, 0.4) is 0 Å². The number of thiazole rings is 1. The Balaban J connectivity index is 1.50. The third kappa shape index (κ3) is 5.95. The smallest absolute Gasteiger partial charge is 0.239 e. The number of carbonyl (C=O) groups is 1. The van der Waals surface area contributed by atoms with Gasteiger partial charge >= 0.3 is 0 Å². The quantitative estimate of drug-likeness (QED) is 0.361. The molecule has 5 nitrogen and oxygen atoms in total. The number of fused-ring (bicyclic) bond motifs is 1. The summed E-state index contributed by atoms with van der Waals surface area (Å²) in [6.45, 7) is 7.00. The Morgan fingerprint density at radius 1 is 1.19 bits per heavy atom. The Labute approximate surface area is 206 Å². The number of aromatic nitrogens is 1. The summed E-state index contributed by atoms with van der Waals surface area (Å²) in [6.07, 6.45) is 0.875. The Bertz CT molecular complexity index is 1030. The first-order chi connectivity index (χ1) is 15.5. The lowest BCUT2D eigenvalue weighted by Crippen LogP contribution is -2.39. The average molecular weight is 511 g/mol. The Kier molecular flexibility index (Phi) is 8.32. The number of hydrogen-bond acceptors (Lipinski definition) is 6. The van der Waals surface area contributed by atoms with Gasteiger partial charge in [0.15, 0.2) is 5.13 Å². The summed E-state index contributed by atoms with van der Waals surface area (Å²) in [7, 11) is 0. The summed E-state index contributed by atoms with van der Waals surface area (Å²) in [5.74, 6) is 0.377. The molecular formula is C23H25Cl2N3O2S2. The molecule has 1 amide bonds. The number of benzene rings is 2. The van der Waals surface area contributed by atoms with E-state index in [1.54, 1.807) is 0 Å². The number of anilines is 1. The summed E-state index contributed by atoms with van der Waals surface area (Å²) in [5.41, 5.74) is 1.93. The number of carbonyl (C=O) groups excluding carboxylic acids is 1. The van der Waals surface area contributed by atoms with Gasteiger partial charge in [-0.15, -0.1) is 11.8 Å². The summed E-state index contributed by atoms with van der Waals surface area (Å²) in [4.78, 5) is 23.3. The zero-order chi connectivity index (χ0) is 22.5. The van der Waals surface area contributed by atoms with E-state index in [0.717, 1.165) is 59.9 Å². The molecule has 0 saturated carbocycles. The van der Waals surface area contributed by atoms with E-state index < -0.39 is 0 Å². The van der Waals surface area contributed by atoms with Crippen molar-refractivity contribution >= 4 is 67.6 Å². The maximum Gasteiger partial charge on any atom is 0.239 e. The predicted molar refractivity (Wildman–Crippen MR) is 136 cm³/mol. The minimum Gasteiger partial charge on any atom is -0.379 e. The molecule has 32 heavy (non-hydrogen) atoms. The van der Waals surface area contributed by atoms with E-state index in [2.05, 4.69) is 4.90 Å². The Morgan fingerprint density at radius 3 is 2.66 bits per heavy atom. The second-order valence-corrected chi connectivity index (χ2v) is 10.5. The van der Waals surface area contributed by atoms with E-state index in [9.17, 15) is 4.79 Å². The molecule has 0 aliphatic carbocycles. The highest BCUT2D eigenvalue weighted by Crippen LogP contribution is 2.36. The van der Waals surface area contributed by atoms with Gasteiger partial charge in [-0.05, 0) is 49.2 Å². The number of rotatable bonds is 8. The van der Waals surface area contributed by atoms with Crippen LogP contribution < -0.4 is 4.90 Å². The van der Waals surface area contributed by atoms with Crippen LogP contribution in [-0.2, 0) is 9.53 Å². The summed E-state index contributed by atoms with van der Waals surface area (Å²) in [5, 5.41) is 2.07. The second-order valence-electron chi connectivity index (χ2n) is 7.63. The minimum absolute atomic E-state index is 0.0414. The van der Waals surface area contributed by atoms with Crippen LogP contribution in [0.2, 0.25) is 10.0 Å². The van der Waals surface area contributed by atoms with Crippen LogP contribution in [0, 0.1) is 6.92 Å². The van der Waals surface area contributed by atoms with Crippen molar-refractivity contribution in [3.63, 3.8) is 0 Å². The van der Waals surface area contributed by atoms with Gasteiger partial charge in [0.2, 0.25) is 5.91 Å². The van der Waals surface area contributed by atoms with Gasteiger partial charge in [-0.25, -0.2) is 4.98 Å². The van der Waals surface area contributed by atoms with Crippen LogP contribution in [0.4, 0.5) is 5.13 Å². The molecule has 2 aromatic carbocycles. The normalized spacial score (nSPS) is 14.7. The van der Waals surface area contributed by atoms with Gasteiger partial charge in [0.25, 0.3) is 0 Å². The molecule has 0 radical (unpaired) electrons. The number of amides is 1. The molecule has 1 aliphatic rings. The fourth-order valence-corrected chi connectivity index (χ4v) is 5.82. The van der Waals surface area contributed by atoms with E-state index in [0.29, 0.717) is 27.5 Å². The predicted octanol–water partition coefficient (Wildman–Crippen LogP) is 5.76. The van der Waals surface area contributed by atoms with Crippen molar-refractivity contribution in [2.24, 2.45) is 0 Å². The van der Waals surface area contributed by atoms with Crippen LogP contribution >= 0.6 is 46.3 Å². The van der Waals surface area contributed by atoms with E-state index in [-0.39, 0.29) is 5.91 Å². The number of morpholine rings is 1. The Morgan fingerprint density at radius 2 is 1.94 bits per heavy atom. The van der Waals surface area contributed by atoms with Crippen LogP contribution in [0.15, 0.2) is 41.3 Å². The Hall–Kier alpha value is -1.35. The topological polar surface area (TPSA) is 45.7 Å². The monoisotopic (exact) mass is 509 g/mol. The van der Waals surface area contributed by atoms with Gasteiger partial charge in [-0.3, -0.25) is 14.6 Å². The van der Waals surface area contributed by atoms with Gasteiger partial charge in [-0.2, -0.15) is 0 Å². The van der Waals surface area contributed by atoms with Crippen LogP contribution in [0.5, 0.6) is 0 Å². The molecule has 0 atom stereocenters. The van der Waals surface area contributed by atoms with Crippen molar-refractivity contribution in [2.45, 2.75) is 18.2 Å². The third-order valence-corrected chi connectivity index (χ3v) is 8.14. The molecule has 0 bridgehead atoms. The van der Waals surface area contributed by atoms with Gasteiger partial charge in [0.05, 0.1) is 34.2 Å². The standard InChI is InChI=1S/C23H25Cl2N3O2S2/c1-16-3-8-19(25)22-21(16)26-23(32-22)28(10-2-9-27-11-13-30-14-12-27)20(29)15-31-18-6-4-17(24)5-7-18/h3-8H,2,9-15H2,1H3. The maximum absolute atomic E-state index is 13.3. The van der Waals surface area contributed by atoms with Crippen molar-refractivity contribution < 1.29 is 9.53 Å². The van der Waals surface area contributed by atoms with E-state index in [4.69, 9.17) is 32.9 Å². The molecule has 3 aromatic rings.